The van der Waals surface area contributed by atoms with Crippen molar-refractivity contribution in [2.45, 2.75) is 65.0 Å². The van der Waals surface area contributed by atoms with Crippen molar-refractivity contribution in [3.63, 3.8) is 0 Å². The van der Waals surface area contributed by atoms with Gasteiger partial charge in [0.15, 0.2) is 0 Å². The smallest absolute Gasteiger partial charge is 0.237 e. The Balaban J connectivity index is 2.73. The van der Waals surface area contributed by atoms with E-state index >= 15 is 0 Å². The van der Waals surface area contributed by atoms with Gasteiger partial charge in [-0.25, -0.2) is 0 Å². The lowest BCUT2D eigenvalue weighted by Gasteiger charge is -2.43. The number of hydrogen-bond donors (Lipinski definition) is 2. The van der Waals surface area contributed by atoms with Crippen LogP contribution in [0.3, 0.4) is 0 Å². The molecule has 1 fully saturated rings. The minimum Gasteiger partial charge on any atom is -0.368 e. The molecule has 0 radical (unpaired) electrons. The third kappa shape index (κ3) is 2.94. The minimum atomic E-state index is -0.455. The molecule has 0 aromatic heterocycles. The van der Waals surface area contributed by atoms with Crippen LogP contribution in [0.15, 0.2) is 0 Å². The number of amides is 1. The number of carbonyl (C=O) groups excluding carboxylic acids is 1. The molecule has 1 aliphatic rings. The summed E-state index contributed by atoms with van der Waals surface area (Å²) in [6, 6.07) is 0.304. The van der Waals surface area contributed by atoms with Crippen molar-refractivity contribution in [3.8, 4) is 0 Å². The Kier molecular flexibility index (Phi) is 3.44. The predicted octanol–water partition coefficient (Wildman–Crippen LogP) is 1.81. The molecule has 3 nitrogen and oxygen atoms in total. The van der Waals surface area contributed by atoms with Crippen LogP contribution in [0.4, 0.5) is 0 Å². The molecule has 0 aromatic carbocycles. The number of nitrogens with two attached hydrogens (primary N) is 1. The molecule has 0 spiro atoms. The molecular formula is C12H24N2O. The van der Waals surface area contributed by atoms with Gasteiger partial charge in [0, 0.05) is 6.04 Å². The molecule has 3 N–H and O–H groups in total. The lowest BCUT2D eigenvalue weighted by molar-refractivity contribution is -0.127. The highest BCUT2D eigenvalue weighted by atomic mass is 16.1. The summed E-state index contributed by atoms with van der Waals surface area (Å²) >= 11 is 0. The Bertz CT molecular complexity index is 236. The van der Waals surface area contributed by atoms with E-state index in [-0.39, 0.29) is 5.91 Å². The summed E-state index contributed by atoms with van der Waals surface area (Å²) in [5.74, 6) is -0.188. The Hall–Kier alpha value is -0.570. The molecule has 0 aliphatic heterocycles. The summed E-state index contributed by atoms with van der Waals surface area (Å²) in [5.41, 5.74) is 5.44. The monoisotopic (exact) mass is 212 g/mol. The second kappa shape index (κ2) is 4.12. The molecule has 0 unspecified atom stereocenters. The molecule has 0 bridgehead atoms. The van der Waals surface area contributed by atoms with Gasteiger partial charge in [-0.05, 0) is 44.9 Å². The Labute approximate surface area is 92.8 Å². The van der Waals surface area contributed by atoms with E-state index in [2.05, 4.69) is 33.0 Å². The second-order valence-electron chi connectivity index (χ2n) is 5.91. The number of rotatable bonds is 3. The van der Waals surface area contributed by atoms with E-state index in [1.165, 1.54) is 0 Å². The van der Waals surface area contributed by atoms with Gasteiger partial charge >= 0.3 is 0 Å². The van der Waals surface area contributed by atoms with E-state index in [0.29, 0.717) is 11.5 Å². The van der Waals surface area contributed by atoms with Gasteiger partial charge in [-0.1, -0.05) is 13.8 Å². The molecule has 88 valence electrons. The van der Waals surface area contributed by atoms with Gasteiger partial charge in [-0.3, -0.25) is 4.79 Å². The highest BCUT2D eigenvalue weighted by molar-refractivity contribution is 5.84. The summed E-state index contributed by atoms with van der Waals surface area (Å²) in [7, 11) is 0. The quantitative estimate of drug-likeness (QED) is 0.749. The summed E-state index contributed by atoms with van der Waals surface area (Å²) in [4.78, 5) is 11.6. The molecule has 0 heterocycles. The van der Waals surface area contributed by atoms with Crippen LogP contribution in [0.5, 0.6) is 0 Å². The summed E-state index contributed by atoms with van der Waals surface area (Å²) in [6.45, 7) is 8.63. The maximum Gasteiger partial charge on any atom is 0.237 e. The van der Waals surface area contributed by atoms with E-state index < -0.39 is 5.54 Å². The third-order valence-corrected chi connectivity index (χ3v) is 3.49. The lowest BCUT2D eigenvalue weighted by Crippen LogP contribution is -2.59. The van der Waals surface area contributed by atoms with Gasteiger partial charge in [0.1, 0.15) is 0 Å². The molecule has 15 heavy (non-hydrogen) atoms. The highest BCUT2D eigenvalue weighted by Crippen LogP contribution is 2.40. The second-order valence-corrected chi connectivity index (χ2v) is 5.91. The average molecular weight is 212 g/mol. The van der Waals surface area contributed by atoms with Gasteiger partial charge in [0.25, 0.3) is 0 Å². The fraction of sp³-hybridized carbons (Fsp3) is 0.917. The van der Waals surface area contributed by atoms with Crippen LogP contribution in [-0.4, -0.2) is 17.5 Å². The summed E-state index contributed by atoms with van der Waals surface area (Å²) < 4.78 is 0. The van der Waals surface area contributed by atoms with Crippen LogP contribution in [0.1, 0.15) is 53.4 Å². The van der Waals surface area contributed by atoms with E-state index in [0.717, 1.165) is 25.7 Å². The number of carbonyl (C=O) groups is 1. The zero-order chi connectivity index (χ0) is 11.7. The first-order valence-corrected chi connectivity index (χ1v) is 5.85. The van der Waals surface area contributed by atoms with Crippen LogP contribution >= 0.6 is 0 Å². The van der Waals surface area contributed by atoms with Gasteiger partial charge in [-0.2, -0.15) is 0 Å². The van der Waals surface area contributed by atoms with Crippen molar-refractivity contribution in [1.29, 1.82) is 0 Å². The molecule has 0 aromatic rings. The van der Waals surface area contributed by atoms with E-state index in [1.54, 1.807) is 0 Å². The van der Waals surface area contributed by atoms with Crippen LogP contribution < -0.4 is 11.1 Å². The SMILES string of the molecule is CC(C)NC1(C(N)=O)CCC(C)(C)CC1. The minimum absolute atomic E-state index is 0.188. The molecule has 1 aliphatic carbocycles. The first-order valence-electron chi connectivity index (χ1n) is 5.85. The van der Waals surface area contributed by atoms with Crippen molar-refractivity contribution in [2.24, 2.45) is 11.1 Å². The largest absolute Gasteiger partial charge is 0.368 e. The Morgan fingerprint density at radius 3 is 2.00 bits per heavy atom. The van der Waals surface area contributed by atoms with Crippen molar-refractivity contribution >= 4 is 5.91 Å². The van der Waals surface area contributed by atoms with Crippen molar-refractivity contribution in [1.82, 2.24) is 5.32 Å². The van der Waals surface area contributed by atoms with Gasteiger partial charge < -0.3 is 11.1 Å². The average Bonchev–Trinajstić information content (AvgIpc) is 2.08. The molecule has 1 rings (SSSR count). The molecule has 1 saturated carbocycles. The number of hydrogen-bond acceptors (Lipinski definition) is 2. The van der Waals surface area contributed by atoms with Gasteiger partial charge in [-0.15, -0.1) is 0 Å². The number of nitrogens with one attached hydrogen (secondary N) is 1. The first-order chi connectivity index (χ1) is 6.77. The van der Waals surface area contributed by atoms with Crippen LogP contribution in [-0.2, 0) is 4.79 Å². The molecule has 0 atom stereocenters. The standard InChI is InChI=1S/C12H24N2O/c1-9(2)14-12(10(13)15)7-5-11(3,4)6-8-12/h9,14H,5-8H2,1-4H3,(H2,13,15). The Morgan fingerprint density at radius 1 is 1.20 bits per heavy atom. The fourth-order valence-corrected chi connectivity index (χ4v) is 2.37. The normalized spacial score (nSPS) is 24.1. The molecule has 0 saturated heterocycles. The summed E-state index contributed by atoms with van der Waals surface area (Å²) in [6.07, 6.45) is 3.87. The van der Waals surface area contributed by atoms with Crippen LogP contribution in [0.25, 0.3) is 0 Å². The third-order valence-electron chi connectivity index (χ3n) is 3.49. The van der Waals surface area contributed by atoms with Crippen LogP contribution in [0.2, 0.25) is 0 Å². The molecule has 3 heteroatoms. The van der Waals surface area contributed by atoms with E-state index in [1.807, 2.05) is 0 Å². The zero-order valence-electron chi connectivity index (χ0n) is 10.4. The topological polar surface area (TPSA) is 55.1 Å². The maximum atomic E-state index is 11.6. The van der Waals surface area contributed by atoms with Gasteiger partial charge in [0.2, 0.25) is 5.91 Å². The maximum absolute atomic E-state index is 11.6. The lowest BCUT2D eigenvalue weighted by atomic mass is 9.69. The predicted molar refractivity (Wildman–Crippen MR) is 62.4 cm³/mol. The van der Waals surface area contributed by atoms with Crippen LogP contribution in [0, 0.1) is 5.41 Å². The number of primary amides is 1. The highest BCUT2D eigenvalue weighted by Gasteiger charge is 2.42. The zero-order valence-corrected chi connectivity index (χ0v) is 10.4. The van der Waals surface area contributed by atoms with Crippen molar-refractivity contribution in [2.75, 3.05) is 0 Å². The van der Waals surface area contributed by atoms with Crippen molar-refractivity contribution < 1.29 is 4.79 Å². The molecular weight excluding hydrogens is 188 g/mol. The first kappa shape index (κ1) is 12.5. The fourth-order valence-electron chi connectivity index (χ4n) is 2.37. The summed E-state index contributed by atoms with van der Waals surface area (Å²) in [5, 5.41) is 3.36. The van der Waals surface area contributed by atoms with Crippen molar-refractivity contribution in [3.05, 3.63) is 0 Å². The Morgan fingerprint density at radius 2 is 1.67 bits per heavy atom. The van der Waals surface area contributed by atoms with Gasteiger partial charge in [0.05, 0.1) is 5.54 Å². The van der Waals surface area contributed by atoms with E-state index in [4.69, 9.17) is 5.73 Å². The van der Waals surface area contributed by atoms with E-state index in [9.17, 15) is 4.79 Å². The molecule has 1 amide bonds.